The van der Waals surface area contributed by atoms with Crippen LogP contribution in [0.25, 0.3) is 0 Å². The van der Waals surface area contributed by atoms with E-state index >= 15 is 0 Å². The van der Waals surface area contributed by atoms with Gasteiger partial charge in [-0.15, -0.1) is 11.8 Å². The number of H-pyrrole nitrogens is 1. The minimum atomic E-state index is -0.0390. The van der Waals surface area contributed by atoms with E-state index in [1.165, 1.54) is 0 Å². The largest absolute Gasteiger partial charge is 0.349 e. The lowest BCUT2D eigenvalue weighted by Crippen LogP contribution is -2.41. The minimum Gasteiger partial charge on any atom is -0.349 e. The lowest BCUT2D eigenvalue weighted by atomic mass is 10.3. The van der Waals surface area contributed by atoms with Gasteiger partial charge in [0, 0.05) is 17.8 Å². The van der Waals surface area contributed by atoms with Crippen LogP contribution in [0, 0.1) is 0 Å². The highest BCUT2D eigenvalue weighted by atomic mass is 32.2. The number of imidazole rings is 1. The number of carbonyl (C=O) groups excluding carboxylic acids is 1. The zero-order valence-electron chi connectivity index (χ0n) is 7.62. The lowest BCUT2D eigenvalue weighted by Gasteiger charge is -2.09. The Morgan fingerprint density at radius 3 is 3.36 bits per heavy atom. The molecule has 0 radical (unpaired) electrons. The smallest absolute Gasteiger partial charge is 0.238 e. The molecule has 1 unspecified atom stereocenters. The fourth-order valence-electron chi connectivity index (χ4n) is 1.25. The van der Waals surface area contributed by atoms with E-state index in [1.807, 2.05) is 0 Å². The Bertz CT molecular complexity index is 294. The van der Waals surface area contributed by atoms with Crippen LogP contribution in [0.2, 0.25) is 0 Å². The van der Waals surface area contributed by atoms with Crippen molar-refractivity contribution in [3.63, 3.8) is 0 Å². The van der Waals surface area contributed by atoms with Gasteiger partial charge in [0.25, 0.3) is 0 Å². The minimum absolute atomic E-state index is 0.0390. The molecule has 0 aliphatic carbocycles. The first-order valence-electron chi connectivity index (χ1n) is 4.42. The van der Waals surface area contributed by atoms with Gasteiger partial charge in [0.15, 0.2) is 0 Å². The van der Waals surface area contributed by atoms with Gasteiger partial charge >= 0.3 is 0 Å². The molecule has 1 aromatic rings. The molecular weight excluding hydrogens is 200 g/mol. The molecule has 14 heavy (non-hydrogen) atoms. The van der Waals surface area contributed by atoms with Crippen LogP contribution in [-0.4, -0.2) is 33.5 Å². The molecule has 1 aromatic heterocycles. The van der Waals surface area contributed by atoms with Crippen molar-refractivity contribution in [3.05, 3.63) is 18.2 Å². The number of rotatable bonds is 3. The zero-order valence-corrected chi connectivity index (χ0v) is 8.43. The van der Waals surface area contributed by atoms with E-state index in [0.29, 0.717) is 6.54 Å². The fourth-order valence-corrected chi connectivity index (χ4v) is 2.19. The normalized spacial score (nSPS) is 21.0. The summed E-state index contributed by atoms with van der Waals surface area (Å²) in [5.41, 5.74) is 0.920. The third-order valence-corrected chi connectivity index (χ3v) is 2.98. The second-order valence-corrected chi connectivity index (χ2v) is 4.10. The lowest BCUT2D eigenvalue weighted by molar-refractivity contribution is -0.122. The molecule has 1 aliphatic rings. The predicted molar refractivity (Wildman–Crippen MR) is 54.7 cm³/mol. The van der Waals surface area contributed by atoms with Gasteiger partial charge in [-0.25, -0.2) is 4.98 Å². The molecule has 6 heteroatoms. The molecule has 0 saturated carbocycles. The van der Waals surface area contributed by atoms with Crippen LogP contribution in [0.4, 0.5) is 0 Å². The topological polar surface area (TPSA) is 69.8 Å². The van der Waals surface area contributed by atoms with Crippen LogP contribution in [0.1, 0.15) is 5.69 Å². The number of nitrogens with zero attached hydrogens (tertiary/aromatic N) is 1. The molecule has 1 aliphatic heterocycles. The Hall–Kier alpha value is -1.01. The van der Waals surface area contributed by atoms with E-state index in [1.54, 1.807) is 24.3 Å². The van der Waals surface area contributed by atoms with Gasteiger partial charge in [-0.1, -0.05) is 0 Å². The number of aromatic nitrogens is 2. The quantitative estimate of drug-likeness (QED) is 0.643. The van der Waals surface area contributed by atoms with E-state index in [4.69, 9.17) is 0 Å². The molecule has 0 aromatic carbocycles. The van der Waals surface area contributed by atoms with E-state index in [9.17, 15) is 4.79 Å². The Morgan fingerprint density at radius 1 is 1.79 bits per heavy atom. The number of hydrogen-bond acceptors (Lipinski definition) is 4. The Balaban J connectivity index is 1.77. The third kappa shape index (κ3) is 2.27. The van der Waals surface area contributed by atoms with E-state index in [2.05, 4.69) is 20.6 Å². The highest BCUT2D eigenvalue weighted by Gasteiger charge is 2.21. The number of amides is 1. The van der Waals surface area contributed by atoms with Crippen LogP contribution >= 0.6 is 11.8 Å². The second kappa shape index (κ2) is 4.47. The van der Waals surface area contributed by atoms with Crippen molar-refractivity contribution < 1.29 is 4.79 Å². The van der Waals surface area contributed by atoms with Crippen LogP contribution in [0.3, 0.4) is 0 Å². The molecule has 2 rings (SSSR count). The maximum absolute atomic E-state index is 11.5. The summed E-state index contributed by atoms with van der Waals surface area (Å²) >= 11 is 1.74. The third-order valence-electron chi connectivity index (χ3n) is 2.04. The van der Waals surface area contributed by atoms with Crippen molar-refractivity contribution in [2.24, 2.45) is 0 Å². The first-order chi connectivity index (χ1) is 6.86. The van der Waals surface area contributed by atoms with E-state index in [-0.39, 0.29) is 11.9 Å². The summed E-state index contributed by atoms with van der Waals surface area (Å²) in [7, 11) is 0. The second-order valence-electron chi connectivity index (χ2n) is 3.07. The first-order valence-corrected chi connectivity index (χ1v) is 5.58. The van der Waals surface area contributed by atoms with Gasteiger partial charge in [-0.2, -0.15) is 0 Å². The van der Waals surface area contributed by atoms with Gasteiger partial charge in [0.2, 0.25) is 5.91 Å². The van der Waals surface area contributed by atoms with Crippen molar-refractivity contribution in [3.8, 4) is 0 Å². The van der Waals surface area contributed by atoms with Crippen LogP contribution in [0.5, 0.6) is 0 Å². The Kier molecular flexibility index (Phi) is 3.05. The molecule has 2 heterocycles. The van der Waals surface area contributed by atoms with Gasteiger partial charge in [-0.05, 0) is 0 Å². The SMILES string of the molecule is O=C(NCc1cnc[nH]1)C1CSCN1. The van der Waals surface area contributed by atoms with Gasteiger partial charge < -0.3 is 10.3 Å². The van der Waals surface area contributed by atoms with Crippen molar-refractivity contribution in [2.75, 3.05) is 11.6 Å². The molecular formula is C8H12N4OS. The van der Waals surface area contributed by atoms with Crippen LogP contribution in [-0.2, 0) is 11.3 Å². The molecule has 0 spiro atoms. The van der Waals surface area contributed by atoms with Crippen molar-refractivity contribution in [2.45, 2.75) is 12.6 Å². The molecule has 3 N–H and O–H groups in total. The molecule has 1 fully saturated rings. The summed E-state index contributed by atoms with van der Waals surface area (Å²) in [6.45, 7) is 0.516. The van der Waals surface area contributed by atoms with E-state index < -0.39 is 0 Å². The highest BCUT2D eigenvalue weighted by Crippen LogP contribution is 2.09. The highest BCUT2D eigenvalue weighted by molar-refractivity contribution is 7.99. The van der Waals surface area contributed by atoms with Crippen LogP contribution in [0.15, 0.2) is 12.5 Å². The predicted octanol–water partition coefficient (Wildman–Crippen LogP) is -0.312. The average molecular weight is 212 g/mol. The Labute approximate surface area is 86.1 Å². The van der Waals surface area contributed by atoms with Gasteiger partial charge in [-0.3, -0.25) is 10.1 Å². The molecule has 1 saturated heterocycles. The van der Waals surface area contributed by atoms with Gasteiger partial charge in [0.05, 0.1) is 24.6 Å². The number of thioether (sulfide) groups is 1. The number of nitrogens with one attached hydrogen (secondary N) is 3. The first kappa shape index (κ1) is 9.54. The summed E-state index contributed by atoms with van der Waals surface area (Å²) in [6.07, 6.45) is 3.31. The Morgan fingerprint density at radius 2 is 2.71 bits per heavy atom. The van der Waals surface area contributed by atoms with Crippen molar-refractivity contribution in [1.82, 2.24) is 20.6 Å². The van der Waals surface area contributed by atoms with Crippen LogP contribution < -0.4 is 10.6 Å². The molecule has 1 atom stereocenters. The summed E-state index contributed by atoms with van der Waals surface area (Å²) in [4.78, 5) is 18.3. The zero-order chi connectivity index (χ0) is 9.80. The maximum Gasteiger partial charge on any atom is 0.238 e. The molecule has 0 bridgehead atoms. The van der Waals surface area contributed by atoms with Crippen molar-refractivity contribution in [1.29, 1.82) is 0 Å². The van der Waals surface area contributed by atoms with E-state index in [0.717, 1.165) is 17.3 Å². The summed E-state index contributed by atoms with van der Waals surface area (Å²) in [6, 6.07) is -0.0390. The molecule has 76 valence electrons. The number of aromatic amines is 1. The summed E-state index contributed by atoms with van der Waals surface area (Å²) < 4.78 is 0. The molecule has 1 amide bonds. The fraction of sp³-hybridized carbons (Fsp3) is 0.500. The summed E-state index contributed by atoms with van der Waals surface area (Å²) in [5.74, 6) is 1.78. The standard InChI is InChI=1S/C8H12N4OS/c13-8(7-3-14-5-12-7)10-2-6-1-9-4-11-6/h1,4,7,12H,2-3,5H2,(H,9,11)(H,10,13). The monoisotopic (exact) mass is 212 g/mol. The molecule has 5 nitrogen and oxygen atoms in total. The number of hydrogen-bond donors (Lipinski definition) is 3. The van der Waals surface area contributed by atoms with Gasteiger partial charge in [0.1, 0.15) is 0 Å². The summed E-state index contributed by atoms with van der Waals surface area (Å²) in [5, 5.41) is 5.95. The average Bonchev–Trinajstić information content (AvgIpc) is 2.87. The maximum atomic E-state index is 11.5. The van der Waals surface area contributed by atoms with Crippen molar-refractivity contribution >= 4 is 17.7 Å². The number of carbonyl (C=O) groups is 1.